The third kappa shape index (κ3) is 7.33. The van der Waals surface area contributed by atoms with Gasteiger partial charge in [0.1, 0.15) is 11.5 Å². The number of ether oxygens (including phenoxy) is 2. The highest BCUT2D eigenvalue weighted by atomic mass is 35.5. The number of carbonyl (C=O) groups is 1. The molecule has 0 spiro atoms. The van der Waals surface area contributed by atoms with Gasteiger partial charge < -0.3 is 14.8 Å². The van der Waals surface area contributed by atoms with E-state index in [0.29, 0.717) is 17.1 Å². The fourth-order valence-corrected chi connectivity index (χ4v) is 4.68. The summed E-state index contributed by atoms with van der Waals surface area (Å²) in [6.07, 6.45) is 0. The number of primary sulfonamides is 1. The molecule has 10 nitrogen and oxygen atoms in total. The van der Waals surface area contributed by atoms with E-state index < -0.39 is 26.0 Å². The smallest absolute Gasteiger partial charge is 0.261 e. The molecule has 0 saturated heterocycles. The van der Waals surface area contributed by atoms with E-state index in [-0.39, 0.29) is 33.7 Å². The average Bonchev–Trinajstić information content (AvgIpc) is 2.81. The van der Waals surface area contributed by atoms with Crippen LogP contribution in [0.25, 0.3) is 0 Å². The fourth-order valence-electron chi connectivity index (χ4n) is 2.86. The zero-order chi connectivity index (χ0) is 25.6. The number of rotatable bonds is 10. The molecule has 0 heterocycles. The second-order valence-corrected chi connectivity index (χ2v) is 10.8. The van der Waals surface area contributed by atoms with Gasteiger partial charge in [0.05, 0.1) is 27.6 Å². The molecule has 0 bridgehead atoms. The summed E-state index contributed by atoms with van der Waals surface area (Å²) in [4.78, 5) is 12.0. The number of benzene rings is 3. The van der Waals surface area contributed by atoms with E-state index in [0.717, 1.165) is 0 Å². The number of nitrogens with one attached hydrogen (secondary N) is 2. The molecule has 186 valence electrons. The van der Waals surface area contributed by atoms with Crippen LogP contribution in [0.1, 0.15) is 5.56 Å². The predicted octanol–water partition coefficient (Wildman–Crippen LogP) is 2.49. The van der Waals surface area contributed by atoms with Crippen molar-refractivity contribution in [2.24, 2.45) is 5.14 Å². The summed E-state index contributed by atoms with van der Waals surface area (Å²) in [5.41, 5.74) is 0.943. The van der Waals surface area contributed by atoms with E-state index in [4.69, 9.17) is 26.2 Å². The van der Waals surface area contributed by atoms with Crippen LogP contribution in [0.15, 0.2) is 76.5 Å². The summed E-state index contributed by atoms with van der Waals surface area (Å²) < 4.78 is 60.6. The predicted molar refractivity (Wildman–Crippen MR) is 130 cm³/mol. The zero-order valence-corrected chi connectivity index (χ0v) is 20.8. The van der Waals surface area contributed by atoms with Crippen molar-refractivity contribution in [3.05, 3.63) is 77.3 Å². The van der Waals surface area contributed by atoms with Crippen LogP contribution in [-0.4, -0.2) is 36.5 Å². The Morgan fingerprint density at radius 3 is 2.14 bits per heavy atom. The lowest BCUT2D eigenvalue weighted by Crippen LogP contribution is -2.28. The van der Waals surface area contributed by atoms with Crippen molar-refractivity contribution in [1.82, 2.24) is 5.32 Å². The molecule has 1 amide bonds. The third-order valence-electron chi connectivity index (χ3n) is 4.65. The van der Waals surface area contributed by atoms with E-state index in [2.05, 4.69) is 10.0 Å². The lowest BCUT2D eigenvalue weighted by molar-refractivity contribution is -0.123. The van der Waals surface area contributed by atoms with Crippen LogP contribution in [0.5, 0.6) is 11.5 Å². The van der Waals surface area contributed by atoms with Crippen molar-refractivity contribution < 1.29 is 31.1 Å². The number of hydrogen-bond acceptors (Lipinski definition) is 7. The van der Waals surface area contributed by atoms with Crippen LogP contribution in [0.4, 0.5) is 5.69 Å². The Morgan fingerprint density at radius 1 is 0.943 bits per heavy atom. The first-order valence-electron chi connectivity index (χ1n) is 9.95. The van der Waals surface area contributed by atoms with Gasteiger partial charge in [-0.2, -0.15) is 0 Å². The Kier molecular flexibility index (Phi) is 8.22. The Balaban J connectivity index is 1.52. The molecule has 4 N–H and O–H groups in total. The maximum atomic E-state index is 12.6. The normalized spacial score (nSPS) is 11.5. The molecule has 13 heteroatoms. The number of amides is 1. The minimum Gasteiger partial charge on any atom is -0.495 e. The van der Waals surface area contributed by atoms with E-state index >= 15 is 0 Å². The second kappa shape index (κ2) is 11.0. The standard InChI is InChI=1S/C22H22ClN3O7S2/c1-32-21-11-4-16(12-20(21)23)26-35(30,31)19-9-5-17(6-10-19)33-14-22(27)25-13-15-2-7-18(8-3-15)34(24,28)29/h2-12,26H,13-14H2,1H3,(H,25,27)(H2,24,28,29). The van der Waals surface area contributed by atoms with Gasteiger partial charge in [-0.15, -0.1) is 0 Å². The molecule has 35 heavy (non-hydrogen) atoms. The molecule has 0 fully saturated rings. The SMILES string of the molecule is COc1ccc(NS(=O)(=O)c2ccc(OCC(=O)NCc3ccc(S(N)(=O)=O)cc3)cc2)cc1Cl. The van der Waals surface area contributed by atoms with Crippen molar-refractivity contribution >= 4 is 43.2 Å². The minimum atomic E-state index is -3.88. The summed E-state index contributed by atoms with van der Waals surface area (Å²) in [7, 11) is -6.21. The zero-order valence-electron chi connectivity index (χ0n) is 18.4. The molecule has 0 aliphatic carbocycles. The first-order valence-corrected chi connectivity index (χ1v) is 13.4. The highest BCUT2D eigenvalue weighted by Gasteiger charge is 2.15. The Hall–Kier alpha value is -3.32. The molecule has 0 saturated carbocycles. The Bertz CT molecular complexity index is 1410. The van der Waals surface area contributed by atoms with Crippen LogP contribution in [0.2, 0.25) is 5.02 Å². The Labute approximate surface area is 208 Å². The summed E-state index contributed by atoms with van der Waals surface area (Å²) in [6.45, 7) is -0.144. The summed E-state index contributed by atoms with van der Waals surface area (Å²) in [5.74, 6) is 0.291. The van der Waals surface area contributed by atoms with Crippen LogP contribution in [-0.2, 0) is 31.4 Å². The summed E-state index contributed by atoms with van der Waals surface area (Å²) >= 11 is 6.03. The maximum absolute atomic E-state index is 12.6. The van der Waals surface area contributed by atoms with Crippen molar-refractivity contribution in [3.8, 4) is 11.5 Å². The number of anilines is 1. The molecule has 0 radical (unpaired) electrons. The molecule has 0 atom stereocenters. The first kappa shape index (κ1) is 26.3. The average molecular weight is 540 g/mol. The maximum Gasteiger partial charge on any atom is 0.261 e. The van der Waals surface area contributed by atoms with Crippen LogP contribution >= 0.6 is 11.6 Å². The molecular formula is C22H22ClN3O7S2. The van der Waals surface area contributed by atoms with Crippen molar-refractivity contribution in [3.63, 3.8) is 0 Å². The monoisotopic (exact) mass is 539 g/mol. The van der Waals surface area contributed by atoms with Gasteiger partial charge in [0.25, 0.3) is 15.9 Å². The fraction of sp³-hybridized carbons (Fsp3) is 0.136. The lowest BCUT2D eigenvalue weighted by atomic mass is 10.2. The molecule has 0 unspecified atom stereocenters. The van der Waals surface area contributed by atoms with Gasteiger partial charge in [0, 0.05) is 6.54 Å². The largest absolute Gasteiger partial charge is 0.495 e. The number of hydrogen-bond donors (Lipinski definition) is 3. The highest BCUT2D eigenvalue weighted by molar-refractivity contribution is 7.92. The number of sulfonamides is 2. The number of halogens is 1. The molecule has 0 aliphatic heterocycles. The first-order chi connectivity index (χ1) is 16.5. The summed E-state index contributed by atoms with van der Waals surface area (Å²) in [6, 6.07) is 15.8. The van der Waals surface area contributed by atoms with Crippen LogP contribution < -0.4 is 24.7 Å². The lowest BCUT2D eigenvalue weighted by Gasteiger charge is -2.11. The molecule has 0 aromatic heterocycles. The number of carbonyl (C=O) groups excluding carboxylic acids is 1. The van der Waals surface area contributed by atoms with E-state index in [1.165, 1.54) is 67.8 Å². The van der Waals surface area contributed by atoms with Crippen molar-refractivity contribution in [1.29, 1.82) is 0 Å². The van der Waals surface area contributed by atoms with Gasteiger partial charge in [0.15, 0.2) is 6.61 Å². The quantitative estimate of drug-likeness (QED) is 0.357. The van der Waals surface area contributed by atoms with Crippen LogP contribution in [0, 0.1) is 0 Å². The highest BCUT2D eigenvalue weighted by Crippen LogP contribution is 2.28. The van der Waals surface area contributed by atoms with Gasteiger partial charge in [-0.05, 0) is 60.2 Å². The van der Waals surface area contributed by atoms with Crippen molar-refractivity contribution in [2.45, 2.75) is 16.3 Å². The molecular weight excluding hydrogens is 518 g/mol. The van der Waals surface area contributed by atoms with E-state index in [1.807, 2.05) is 0 Å². The van der Waals surface area contributed by atoms with E-state index in [9.17, 15) is 21.6 Å². The Morgan fingerprint density at radius 2 is 1.57 bits per heavy atom. The third-order valence-corrected chi connectivity index (χ3v) is 7.27. The number of methoxy groups -OCH3 is 1. The van der Waals surface area contributed by atoms with Gasteiger partial charge in [-0.1, -0.05) is 23.7 Å². The number of nitrogens with two attached hydrogens (primary N) is 1. The van der Waals surface area contributed by atoms with Crippen LogP contribution in [0.3, 0.4) is 0 Å². The van der Waals surface area contributed by atoms with Gasteiger partial charge >= 0.3 is 0 Å². The summed E-state index contributed by atoms with van der Waals surface area (Å²) in [5, 5.41) is 7.94. The van der Waals surface area contributed by atoms with E-state index in [1.54, 1.807) is 6.07 Å². The van der Waals surface area contributed by atoms with Gasteiger partial charge in [-0.3, -0.25) is 9.52 Å². The van der Waals surface area contributed by atoms with Crippen molar-refractivity contribution in [2.75, 3.05) is 18.4 Å². The van der Waals surface area contributed by atoms with Gasteiger partial charge in [-0.25, -0.2) is 22.0 Å². The molecule has 3 rings (SSSR count). The minimum absolute atomic E-state index is 0.0100. The molecule has 3 aromatic rings. The molecule has 3 aromatic carbocycles. The molecule has 0 aliphatic rings. The topological polar surface area (TPSA) is 154 Å². The second-order valence-electron chi connectivity index (χ2n) is 7.18. The van der Waals surface area contributed by atoms with Gasteiger partial charge in [0.2, 0.25) is 10.0 Å².